The molecule has 174 valence electrons. The predicted molar refractivity (Wildman–Crippen MR) is 128 cm³/mol. The van der Waals surface area contributed by atoms with Crippen LogP contribution in [0.5, 0.6) is 5.75 Å². The van der Waals surface area contributed by atoms with Crippen molar-refractivity contribution in [2.75, 3.05) is 13.2 Å². The van der Waals surface area contributed by atoms with Crippen LogP contribution in [0.1, 0.15) is 108 Å². The molecule has 0 radical (unpaired) electrons. The zero-order valence-corrected chi connectivity index (χ0v) is 20.8. The Balaban J connectivity index is 2.58. The van der Waals surface area contributed by atoms with Crippen molar-refractivity contribution in [1.29, 1.82) is 0 Å². The highest BCUT2D eigenvalue weighted by atomic mass is 31.2. The standard InChI is InChI=1S/C25H45O4P/c1-5-7-9-11-13-15-17-28-30(27,29-18-16-14-12-10-8-6-2)21-24-19-22(3)25(26)23(4)20-24/h19-20,26H,5-18,21H2,1-4H3. The molecule has 0 saturated carbocycles. The molecule has 0 spiro atoms. The third-order valence-electron chi connectivity index (χ3n) is 5.50. The molecule has 1 aromatic carbocycles. The van der Waals surface area contributed by atoms with Crippen LogP contribution in [0.2, 0.25) is 0 Å². The molecular weight excluding hydrogens is 395 g/mol. The molecule has 0 bridgehead atoms. The first kappa shape index (κ1) is 27.2. The van der Waals surface area contributed by atoms with E-state index in [0.29, 0.717) is 19.0 Å². The first-order valence-corrected chi connectivity index (χ1v) is 13.8. The van der Waals surface area contributed by atoms with Gasteiger partial charge < -0.3 is 14.2 Å². The van der Waals surface area contributed by atoms with E-state index in [1.165, 1.54) is 51.4 Å². The minimum Gasteiger partial charge on any atom is -0.507 e. The fourth-order valence-electron chi connectivity index (χ4n) is 3.66. The van der Waals surface area contributed by atoms with Gasteiger partial charge in [0.05, 0.1) is 19.4 Å². The van der Waals surface area contributed by atoms with E-state index in [1.807, 2.05) is 26.0 Å². The van der Waals surface area contributed by atoms with Crippen molar-refractivity contribution < 1.29 is 18.7 Å². The first-order chi connectivity index (χ1) is 14.4. The maximum Gasteiger partial charge on any atom is 0.335 e. The van der Waals surface area contributed by atoms with E-state index in [1.54, 1.807) is 0 Å². The Morgan fingerprint density at radius 3 is 1.57 bits per heavy atom. The molecule has 0 aliphatic heterocycles. The number of aryl methyl sites for hydroxylation is 2. The number of hydrogen-bond acceptors (Lipinski definition) is 4. The van der Waals surface area contributed by atoms with E-state index >= 15 is 0 Å². The van der Waals surface area contributed by atoms with Gasteiger partial charge in [0.15, 0.2) is 0 Å². The Labute approximate surface area is 185 Å². The highest BCUT2D eigenvalue weighted by Crippen LogP contribution is 2.52. The molecule has 1 aromatic rings. The molecule has 0 aromatic heterocycles. The zero-order chi connectivity index (χ0) is 22.2. The van der Waals surface area contributed by atoms with Crippen LogP contribution in [0.3, 0.4) is 0 Å². The van der Waals surface area contributed by atoms with E-state index in [4.69, 9.17) is 9.05 Å². The smallest absolute Gasteiger partial charge is 0.335 e. The highest BCUT2D eigenvalue weighted by Gasteiger charge is 2.25. The molecule has 0 saturated heterocycles. The van der Waals surface area contributed by atoms with E-state index in [2.05, 4.69) is 13.8 Å². The van der Waals surface area contributed by atoms with Gasteiger partial charge in [-0.3, -0.25) is 4.57 Å². The lowest BCUT2D eigenvalue weighted by molar-refractivity contribution is 0.196. The largest absolute Gasteiger partial charge is 0.507 e. The van der Waals surface area contributed by atoms with E-state index in [0.717, 1.165) is 42.4 Å². The van der Waals surface area contributed by atoms with Gasteiger partial charge in [-0.05, 0) is 43.4 Å². The number of benzene rings is 1. The Kier molecular flexibility index (Phi) is 14.4. The van der Waals surface area contributed by atoms with Crippen molar-refractivity contribution in [3.63, 3.8) is 0 Å². The van der Waals surface area contributed by atoms with Gasteiger partial charge in [-0.25, -0.2) is 0 Å². The van der Waals surface area contributed by atoms with Gasteiger partial charge in [-0.15, -0.1) is 0 Å². The Bertz CT molecular complexity index is 585. The van der Waals surface area contributed by atoms with Crippen LogP contribution >= 0.6 is 7.60 Å². The molecule has 1 rings (SSSR count). The first-order valence-electron chi connectivity index (χ1n) is 12.1. The summed E-state index contributed by atoms with van der Waals surface area (Å²) < 4.78 is 25.2. The summed E-state index contributed by atoms with van der Waals surface area (Å²) in [6, 6.07) is 3.77. The van der Waals surface area contributed by atoms with Gasteiger partial charge in [0, 0.05) is 0 Å². The highest BCUT2D eigenvalue weighted by molar-refractivity contribution is 7.53. The molecule has 0 unspecified atom stereocenters. The van der Waals surface area contributed by atoms with Gasteiger partial charge in [0.25, 0.3) is 0 Å². The quantitative estimate of drug-likeness (QED) is 0.184. The van der Waals surface area contributed by atoms with Crippen molar-refractivity contribution >= 4 is 7.60 Å². The summed E-state index contributed by atoms with van der Waals surface area (Å²) in [5.41, 5.74) is 2.49. The van der Waals surface area contributed by atoms with Gasteiger partial charge in [-0.1, -0.05) is 90.2 Å². The normalized spacial score (nSPS) is 11.9. The van der Waals surface area contributed by atoms with Crippen molar-refractivity contribution in [1.82, 2.24) is 0 Å². The topological polar surface area (TPSA) is 55.8 Å². The zero-order valence-electron chi connectivity index (χ0n) is 19.9. The van der Waals surface area contributed by atoms with Crippen LogP contribution in [-0.2, 0) is 19.8 Å². The number of hydrogen-bond donors (Lipinski definition) is 1. The number of phenolic OH excluding ortho intramolecular Hbond substituents is 1. The lowest BCUT2D eigenvalue weighted by Gasteiger charge is -2.20. The Morgan fingerprint density at radius 1 is 0.733 bits per heavy atom. The third-order valence-corrected chi connectivity index (χ3v) is 7.40. The molecule has 0 fully saturated rings. The van der Waals surface area contributed by atoms with E-state index < -0.39 is 7.60 Å². The molecule has 30 heavy (non-hydrogen) atoms. The van der Waals surface area contributed by atoms with Crippen LogP contribution in [0.15, 0.2) is 12.1 Å². The van der Waals surface area contributed by atoms with Crippen molar-refractivity contribution in [2.24, 2.45) is 0 Å². The van der Waals surface area contributed by atoms with Crippen LogP contribution in [0.25, 0.3) is 0 Å². The lowest BCUT2D eigenvalue weighted by Crippen LogP contribution is -2.03. The van der Waals surface area contributed by atoms with Crippen molar-refractivity contribution in [3.8, 4) is 5.75 Å². The Morgan fingerprint density at radius 2 is 1.13 bits per heavy atom. The second-order valence-corrected chi connectivity index (χ2v) is 10.6. The van der Waals surface area contributed by atoms with Crippen molar-refractivity contribution in [2.45, 2.75) is 111 Å². The number of rotatable bonds is 18. The molecule has 0 atom stereocenters. The SMILES string of the molecule is CCCCCCCCOP(=O)(Cc1cc(C)c(O)c(C)c1)OCCCCCCCC. The summed E-state index contributed by atoms with van der Waals surface area (Å²) in [5.74, 6) is 0.301. The van der Waals surface area contributed by atoms with E-state index in [9.17, 15) is 9.67 Å². The molecule has 1 N–H and O–H groups in total. The summed E-state index contributed by atoms with van der Waals surface area (Å²) in [7, 11) is -3.20. The van der Waals surface area contributed by atoms with Crippen LogP contribution in [0.4, 0.5) is 0 Å². The van der Waals surface area contributed by atoms with Crippen molar-refractivity contribution in [3.05, 3.63) is 28.8 Å². The van der Waals surface area contributed by atoms with Crippen LogP contribution in [-0.4, -0.2) is 18.3 Å². The molecule has 0 amide bonds. The number of aromatic hydroxyl groups is 1. The van der Waals surface area contributed by atoms with E-state index in [-0.39, 0.29) is 6.16 Å². The van der Waals surface area contributed by atoms with Gasteiger partial charge in [-0.2, -0.15) is 0 Å². The second-order valence-electron chi connectivity index (χ2n) is 8.55. The fourth-order valence-corrected chi connectivity index (χ4v) is 5.36. The third kappa shape index (κ3) is 11.5. The average Bonchev–Trinajstić information content (AvgIpc) is 2.70. The molecule has 0 heterocycles. The summed E-state index contributed by atoms with van der Waals surface area (Å²) >= 11 is 0. The van der Waals surface area contributed by atoms with Crippen LogP contribution < -0.4 is 0 Å². The molecule has 0 aliphatic rings. The van der Waals surface area contributed by atoms with Gasteiger partial charge in [0.1, 0.15) is 5.75 Å². The molecule has 0 aliphatic carbocycles. The number of unbranched alkanes of at least 4 members (excludes halogenated alkanes) is 10. The summed E-state index contributed by atoms with van der Waals surface area (Å²) in [6.45, 7) is 9.13. The number of phenols is 1. The molecular formula is C25H45O4P. The molecule has 4 nitrogen and oxygen atoms in total. The Hall–Kier alpha value is -0.830. The fraction of sp³-hybridized carbons (Fsp3) is 0.760. The monoisotopic (exact) mass is 440 g/mol. The lowest BCUT2D eigenvalue weighted by atomic mass is 10.1. The summed E-state index contributed by atoms with van der Waals surface area (Å²) in [5, 5.41) is 10.0. The minimum atomic E-state index is -3.20. The predicted octanol–water partition coefficient (Wildman–Crippen LogP) is 8.46. The van der Waals surface area contributed by atoms with Crippen LogP contribution in [0, 0.1) is 13.8 Å². The maximum absolute atomic E-state index is 13.5. The minimum absolute atomic E-state index is 0.265. The maximum atomic E-state index is 13.5. The molecule has 5 heteroatoms. The van der Waals surface area contributed by atoms with Gasteiger partial charge in [0.2, 0.25) is 0 Å². The average molecular weight is 441 g/mol. The summed E-state index contributed by atoms with van der Waals surface area (Å²) in [6.07, 6.45) is 14.3. The second kappa shape index (κ2) is 15.9. The summed E-state index contributed by atoms with van der Waals surface area (Å²) in [4.78, 5) is 0. The van der Waals surface area contributed by atoms with Gasteiger partial charge >= 0.3 is 7.60 Å².